The van der Waals surface area contributed by atoms with E-state index in [2.05, 4.69) is 33.6 Å². The van der Waals surface area contributed by atoms with Gasteiger partial charge in [0.05, 0.1) is 18.0 Å². The molecule has 0 aliphatic rings. The number of nitrogens with zero attached hydrogens (tertiary/aromatic N) is 2. The molecular weight excluding hydrogens is 372 g/mol. The van der Waals surface area contributed by atoms with Gasteiger partial charge in [-0.2, -0.15) is 0 Å². The average molecular weight is 395 g/mol. The number of aliphatic imine (C=N–C) groups is 1. The molecule has 2 N–H and O–H groups in total. The van der Waals surface area contributed by atoms with E-state index in [1.807, 2.05) is 42.6 Å². The van der Waals surface area contributed by atoms with Gasteiger partial charge in [0.25, 0.3) is 0 Å². The van der Waals surface area contributed by atoms with Crippen LogP contribution in [0.2, 0.25) is 0 Å². The Labute approximate surface area is 167 Å². The van der Waals surface area contributed by atoms with Crippen LogP contribution >= 0.6 is 11.3 Å². The van der Waals surface area contributed by atoms with Crippen LogP contribution < -0.4 is 10.6 Å². The number of hydrogen-bond donors (Lipinski definition) is 2. The van der Waals surface area contributed by atoms with E-state index < -0.39 is 0 Å². The minimum absolute atomic E-state index is 0.434. The zero-order chi connectivity index (χ0) is 19.3. The van der Waals surface area contributed by atoms with Gasteiger partial charge in [-0.1, -0.05) is 24.3 Å². The van der Waals surface area contributed by atoms with Crippen molar-refractivity contribution < 1.29 is 8.83 Å². The van der Waals surface area contributed by atoms with Crippen LogP contribution in [0.25, 0.3) is 21.7 Å². The van der Waals surface area contributed by atoms with Crippen LogP contribution in [0.1, 0.15) is 23.9 Å². The number of oxazole rings is 1. The maximum Gasteiger partial charge on any atom is 0.236 e. The summed E-state index contributed by atoms with van der Waals surface area (Å²) in [5, 5.41) is 9.73. The topological polar surface area (TPSA) is 75.6 Å². The fourth-order valence-corrected chi connectivity index (χ4v) is 3.61. The van der Waals surface area contributed by atoms with Gasteiger partial charge in [-0.25, -0.2) is 9.98 Å². The lowest BCUT2D eigenvalue weighted by Crippen LogP contribution is -2.36. The van der Waals surface area contributed by atoms with Crippen molar-refractivity contribution in [2.24, 2.45) is 4.99 Å². The molecule has 4 aromatic rings. The van der Waals surface area contributed by atoms with Gasteiger partial charge in [0.1, 0.15) is 23.3 Å². The number of hydrogen-bond acceptors (Lipinski definition) is 5. The Morgan fingerprint density at radius 2 is 2.07 bits per heavy atom. The van der Waals surface area contributed by atoms with Crippen molar-refractivity contribution in [3.05, 3.63) is 65.1 Å². The van der Waals surface area contributed by atoms with Gasteiger partial charge in [-0.15, -0.1) is 11.3 Å². The number of nitrogens with one attached hydrogen (secondary N) is 2. The molecule has 0 spiro atoms. The zero-order valence-electron chi connectivity index (χ0n) is 15.9. The molecule has 0 atom stereocenters. The van der Waals surface area contributed by atoms with E-state index in [0.717, 1.165) is 39.4 Å². The van der Waals surface area contributed by atoms with E-state index in [-0.39, 0.29) is 0 Å². The zero-order valence-corrected chi connectivity index (χ0v) is 16.7. The summed E-state index contributed by atoms with van der Waals surface area (Å²) in [6.07, 6.45) is 1.66. The maximum atomic E-state index is 5.96. The molecule has 0 unspecified atom stereocenters. The van der Waals surface area contributed by atoms with Crippen molar-refractivity contribution in [3.8, 4) is 10.8 Å². The van der Waals surface area contributed by atoms with Gasteiger partial charge >= 0.3 is 0 Å². The number of rotatable bonds is 6. The lowest BCUT2D eigenvalue weighted by atomic mass is 10.1. The van der Waals surface area contributed by atoms with Crippen LogP contribution in [0, 0.1) is 6.92 Å². The lowest BCUT2D eigenvalue weighted by Gasteiger charge is -2.10. The SMILES string of the molecule is CCNC(=NCc1coc(-c2cccs2)n1)NCc1oc2ccccc2c1C. The Bertz CT molecular complexity index is 1080. The largest absolute Gasteiger partial charge is 0.459 e. The highest BCUT2D eigenvalue weighted by Crippen LogP contribution is 2.25. The molecule has 1 aromatic carbocycles. The summed E-state index contributed by atoms with van der Waals surface area (Å²) in [5.41, 5.74) is 2.85. The number of thiophene rings is 1. The summed E-state index contributed by atoms with van der Waals surface area (Å²) in [7, 11) is 0. The van der Waals surface area contributed by atoms with Crippen molar-refractivity contribution in [2.45, 2.75) is 26.9 Å². The summed E-state index contributed by atoms with van der Waals surface area (Å²) >= 11 is 1.60. The Balaban J connectivity index is 1.44. The molecule has 0 amide bonds. The molecule has 7 heteroatoms. The first kappa shape index (κ1) is 18.3. The normalized spacial score (nSPS) is 11.9. The third-order valence-electron chi connectivity index (χ3n) is 4.39. The number of para-hydroxylation sites is 1. The molecular formula is C21H22N4O2S. The maximum absolute atomic E-state index is 5.96. The quantitative estimate of drug-likeness (QED) is 0.366. The van der Waals surface area contributed by atoms with Crippen molar-refractivity contribution >= 4 is 28.3 Å². The average Bonchev–Trinajstić information content (AvgIpc) is 3.45. The number of fused-ring (bicyclic) bond motifs is 1. The van der Waals surface area contributed by atoms with Crippen LogP contribution in [0.3, 0.4) is 0 Å². The minimum atomic E-state index is 0.434. The summed E-state index contributed by atoms with van der Waals surface area (Å²) in [5.74, 6) is 2.26. The van der Waals surface area contributed by atoms with Crippen molar-refractivity contribution in [2.75, 3.05) is 6.54 Å². The number of guanidine groups is 1. The predicted octanol–water partition coefficient (Wildman–Crippen LogP) is 4.71. The molecule has 144 valence electrons. The van der Waals surface area contributed by atoms with Gasteiger partial charge in [-0.05, 0) is 31.4 Å². The molecule has 6 nitrogen and oxygen atoms in total. The Morgan fingerprint density at radius 3 is 2.86 bits per heavy atom. The van der Waals surface area contributed by atoms with E-state index in [1.165, 1.54) is 0 Å². The smallest absolute Gasteiger partial charge is 0.236 e. The van der Waals surface area contributed by atoms with Crippen LogP contribution in [0.5, 0.6) is 0 Å². The van der Waals surface area contributed by atoms with Gasteiger partial charge in [0.15, 0.2) is 5.96 Å². The molecule has 3 heterocycles. The molecule has 0 saturated carbocycles. The highest BCUT2D eigenvalue weighted by molar-refractivity contribution is 7.13. The van der Waals surface area contributed by atoms with Gasteiger partial charge < -0.3 is 19.5 Å². The molecule has 0 radical (unpaired) electrons. The van der Waals surface area contributed by atoms with E-state index >= 15 is 0 Å². The second kappa shape index (κ2) is 8.31. The standard InChI is InChI=1S/C21H22N4O2S/c1-3-22-21(23-11-15-13-26-20(25-15)19-9-6-10-28-19)24-12-18-14(2)16-7-4-5-8-17(16)27-18/h4-10,13H,3,11-12H2,1-2H3,(H2,22,23,24). The van der Waals surface area contributed by atoms with Gasteiger partial charge in [-0.3, -0.25) is 0 Å². The number of aromatic nitrogens is 1. The number of benzene rings is 1. The van der Waals surface area contributed by atoms with Crippen molar-refractivity contribution in [1.29, 1.82) is 0 Å². The minimum Gasteiger partial charge on any atom is -0.459 e. The van der Waals surface area contributed by atoms with Crippen LogP contribution in [0.4, 0.5) is 0 Å². The van der Waals surface area contributed by atoms with Gasteiger partial charge in [0, 0.05) is 17.5 Å². The van der Waals surface area contributed by atoms with E-state index in [1.54, 1.807) is 17.6 Å². The fraction of sp³-hybridized carbons (Fsp3) is 0.238. The molecule has 0 bridgehead atoms. The van der Waals surface area contributed by atoms with Gasteiger partial charge in [0.2, 0.25) is 5.89 Å². The Morgan fingerprint density at radius 1 is 1.18 bits per heavy atom. The number of aryl methyl sites for hydroxylation is 1. The molecule has 0 aliphatic heterocycles. The molecule has 28 heavy (non-hydrogen) atoms. The second-order valence-corrected chi connectivity index (χ2v) is 7.26. The summed E-state index contributed by atoms with van der Waals surface area (Å²) in [6, 6.07) is 12.0. The van der Waals surface area contributed by atoms with E-state index in [4.69, 9.17) is 8.83 Å². The van der Waals surface area contributed by atoms with Crippen LogP contribution in [-0.4, -0.2) is 17.5 Å². The monoisotopic (exact) mass is 394 g/mol. The third-order valence-corrected chi connectivity index (χ3v) is 5.24. The summed E-state index contributed by atoms with van der Waals surface area (Å²) in [4.78, 5) is 10.1. The third kappa shape index (κ3) is 3.94. The first-order valence-corrected chi connectivity index (χ1v) is 10.1. The molecule has 0 fully saturated rings. The highest BCUT2D eigenvalue weighted by Gasteiger charge is 2.11. The highest BCUT2D eigenvalue weighted by atomic mass is 32.1. The molecule has 0 saturated heterocycles. The first-order chi connectivity index (χ1) is 13.7. The molecule has 4 rings (SSSR count). The van der Waals surface area contributed by atoms with Crippen molar-refractivity contribution in [1.82, 2.24) is 15.6 Å². The van der Waals surface area contributed by atoms with Crippen LogP contribution in [0.15, 0.2) is 61.9 Å². The second-order valence-electron chi connectivity index (χ2n) is 6.32. The first-order valence-electron chi connectivity index (χ1n) is 9.22. The van der Waals surface area contributed by atoms with Crippen LogP contribution in [-0.2, 0) is 13.1 Å². The fourth-order valence-electron chi connectivity index (χ4n) is 2.95. The molecule has 3 aromatic heterocycles. The lowest BCUT2D eigenvalue weighted by molar-refractivity contribution is 0.534. The predicted molar refractivity (Wildman–Crippen MR) is 112 cm³/mol. The molecule has 0 aliphatic carbocycles. The van der Waals surface area contributed by atoms with Crippen molar-refractivity contribution in [3.63, 3.8) is 0 Å². The number of furan rings is 1. The van der Waals surface area contributed by atoms with E-state index in [9.17, 15) is 0 Å². The Hall–Kier alpha value is -3.06. The Kier molecular flexibility index (Phi) is 5.43. The van der Waals surface area contributed by atoms with E-state index in [0.29, 0.717) is 24.9 Å². The summed E-state index contributed by atoms with van der Waals surface area (Å²) in [6.45, 7) is 5.88. The summed E-state index contributed by atoms with van der Waals surface area (Å²) < 4.78 is 11.5.